The SMILES string of the molecule is COc1cc(/C=C/C(=O)/C(Cc2cn(CCCCCCNC(=O)COCC(=O)NCCCCN[C@H]3CC[C@@]4(C)C(=CC[C@H]5[C@@H]6CC[C@H]([C@H](C)CCCC(C)C)[C@@]6(C)CC[C@@H]54)C3)nn2)=C(O)/C=C/c2ccc(O)c(OC)c2)ccc1O. The normalized spacial score (nSPS) is 24.2. The molecule has 15 nitrogen and oxygen atoms in total. The summed E-state index contributed by atoms with van der Waals surface area (Å²) in [6, 6.07) is 9.95. The number of phenols is 2. The fourth-order valence-electron chi connectivity index (χ4n) is 14.1. The average molecular weight is 1100 g/mol. The predicted octanol–water partition coefficient (Wildman–Crippen LogP) is 11.6. The molecule has 2 amide bonds. The Labute approximate surface area is 476 Å². The van der Waals surface area contributed by atoms with Crippen LogP contribution in [0.5, 0.6) is 23.0 Å². The second-order valence-corrected chi connectivity index (χ2v) is 24.4. The average Bonchev–Trinajstić information content (AvgIpc) is 4.23. The molecule has 0 aliphatic heterocycles. The van der Waals surface area contributed by atoms with Crippen LogP contribution in [0.4, 0.5) is 0 Å². The first kappa shape index (κ1) is 61.7. The number of fused-ring (bicyclic) bond motifs is 5. The number of benzene rings is 2. The maximum atomic E-state index is 13.6. The van der Waals surface area contributed by atoms with Crippen molar-refractivity contribution in [3.05, 3.63) is 94.5 Å². The number of ketones is 1. The quantitative estimate of drug-likeness (QED) is 0.0117. The van der Waals surface area contributed by atoms with E-state index in [1.165, 1.54) is 109 Å². The van der Waals surface area contributed by atoms with Crippen molar-refractivity contribution in [3.63, 3.8) is 0 Å². The Bertz CT molecular complexity index is 2660. The van der Waals surface area contributed by atoms with Crippen LogP contribution in [0.1, 0.15) is 161 Å². The van der Waals surface area contributed by atoms with E-state index in [2.05, 4.69) is 67.0 Å². The second-order valence-electron chi connectivity index (χ2n) is 24.4. The number of phenolic OH excluding ortho intramolecular Hbond substituents is 2. The van der Waals surface area contributed by atoms with Crippen LogP contribution in [0.15, 0.2) is 77.7 Å². The summed E-state index contributed by atoms with van der Waals surface area (Å²) < 4.78 is 17.5. The van der Waals surface area contributed by atoms with E-state index in [4.69, 9.17) is 14.2 Å². The minimum absolute atomic E-state index is 0.00179. The molecule has 0 saturated heterocycles. The highest BCUT2D eigenvalue weighted by molar-refractivity contribution is 6.07. The Morgan fingerprint density at radius 2 is 1.43 bits per heavy atom. The van der Waals surface area contributed by atoms with Crippen molar-refractivity contribution in [2.45, 2.75) is 163 Å². The van der Waals surface area contributed by atoms with Crippen molar-refractivity contribution in [1.29, 1.82) is 0 Å². The monoisotopic (exact) mass is 1100 g/mol. The molecular weight excluding hydrogens is 1010 g/mol. The lowest BCUT2D eigenvalue weighted by atomic mass is 9.47. The number of hydrogen-bond acceptors (Lipinski definition) is 12. The number of nitrogens with one attached hydrogen (secondary N) is 3. The van der Waals surface area contributed by atoms with Crippen LogP contribution in [0.25, 0.3) is 12.2 Å². The van der Waals surface area contributed by atoms with E-state index in [0.717, 1.165) is 80.6 Å². The molecular formula is C65H94N6O9. The number of allylic oxidation sites excluding steroid dienone is 4. The molecule has 6 N–H and O–H groups in total. The Morgan fingerprint density at radius 3 is 2.10 bits per heavy atom. The summed E-state index contributed by atoms with van der Waals surface area (Å²) in [5.74, 6) is 4.45. The third-order valence-electron chi connectivity index (χ3n) is 18.6. The van der Waals surface area contributed by atoms with Gasteiger partial charge in [0.05, 0.1) is 19.9 Å². The summed E-state index contributed by atoms with van der Waals surface area (Å²) in [7, 11) is 2.88. The number of rotatable bonds is 31. The van der Waals surface area contributed by atoms with E-state index < -0.39 is 5.78 Å². The minimum Gasteiger partial charge on any atom is -0.508 e. The van der Waals surface area contributed by atoms with Gasteiger partial charge in [-0.2, -0.15) is 0 Å². The fourth-order valence-corrected chi connectivity index (χ4v) is 14.1. The molecule has 4 aliphatic carbocycles. The van der Waals surface area contributed by atoms with Crippen molar-refractivity contribution in [2.24, 2.45) is 46.3 Å². The molecule has 3 fully saturated rings. The topological polar surface area (TPSA) is 206 Å². The van der Waals surface area contributed by atoms with Crippen LogP contribution >= 0.6 is 0 Å². The molecule has 1 heterocycles. The number of carbonyl (C=O) groups excluding carboxylic acids is 3. The van der Waals surface area contributed by atoms with Gasteiger partial charge in [0.25, 0.3) is 0 Å². The van der Waals surface area contributed by atoms with Crippen molar-refractivity contribution >= 4 is 29.7 Å². The number of methoxy groups -OCH3 is 2. The molecule has 3 aromatic rings. The van der Waals surface area contributed by atoms with E-state index in [1.807, 2.05) is 0 Å². The number of aliphatic hydroxyl groups is 1. The molecule has 438 valence electrons. The second kappa shape index (κ2) is 29.7. The summed E-state index contributed by atoms with van der Waals surface area (Å²) in [5, 5.41) is 49.4. The summed E-state index contributed by atoms with van der Waals surface area (Å²) >= 11 is 0. The highest BCUT2D eigenvalue weighted by Crippen LogP contribution is 2.67. The van der Waals surface area contributed by atoms with Crippen LogP contribution in [-0.4, -0.2) is 101 Å². The van der Waals surface area contributed by atoms with Gasteiger partial charge in [-0.25, -0.2) is 0 Å². The number of carbonyl (C=O) groups is 3. The molecule has 8 atom stereocenters. The number of aromatic hydroxyl groups is 2. The molecule has 4 aliphatic rings. The van der Waals surface area contributed by atoms with Gasteiger partial charge in [0, 0.05) is 43.9 Å². The Hall–Kier alpha value is -5.93. The van der Waals surface area contributed by atoms with E-state index in [1.54, 1.807) is 52.9 Å². The van der Waals surface area contributed by atoms with Crippen molar-refractivity contribution < 1.29 is 43.9 Å². The maximum Gasteiger partial charge on any atom is 0.246 e. The lowest BCUT2D eigenvalue weighted by Crippen LogP contribution is -2.51. The van der Waals surface area contributed by atoms with Crippen molar-refractivity contribution in [2.75, 3.05) is 47.1 Å². The van der Waals surface area contributed by atoms with Crippen LogP contribution in [0, 0.1) is 46.3 Å². The van der Waals surface area contributed by atoms with Gasteiger partial charge >= 0.3 is 0 Å². The number of aliphatic hydroxyl groups excluding tert-OH is 1. The number of amides is 2. The van der Waals surface area contributed by atoms with Gasteiger partial charge in [-0.15, -0.1) is 5.10 Å². The molecule has 0 spiro atoms. The van der Waals surface area contributed by atoms with E-state index in [0.29, 0.717) is 53.3 Å². The van der Waals surface area contributed by atoms with Crippen molar-refractivity contribution in [1.82, 2.24) is 30.9 Å². The fraction of sp³-hybridized carbons (Fsp3) is 0.615. The predicted molar refractivity (Wildman–Crippen MR) is 315 cm³/mol. The van der Waals surface area contributed by atoms with Gasteiger partial charge in [-0.1, -0.05) is 108 Å². The lowest BCUT2D eigenvalue weighted by molar-refractivity contribution is -0.131. The Morgan fingerprint density at radius 1 is 0.775 bits per heavy atom. The number of aryl methyl sites for hydroxylation is 1. The van der Waals surface area contributed by atoms with Gasteiger partial charge in [-0.3, -0.25) is 19.1 Å². The number of ether oxygens (including phenoxy) is 3. The van der Waals surface area contributed by atoms with E-state index >= 15 is 0 Å². The van der Waals surface area contributed by atoms with Gasteiger partial charge in [0.15, 0.2) is 28.8 Å². The highest BCUT2D eigenvalue weighted by atomic mass is 16.5. The third-order valence-corrected chi connectivity index (χ3v) is 18.6. The number of hydrogen-bond donors (Lipinski definition) is 6. The van der Waals surface area contributed by atoms with Gasteiger partial charge in [0.2, 0.25) is 11.8 Å². The Balaban J connectivity index is 0.731. The standard InChI is InChI=1S/C65H94N6O9/c1-44(2)15-14-16-45(3)53-23-24-54-51-22-21-48-39-49(29-31-64(48,4)55(51)30-32-65(53,54)5)66-33-11-12-35-68-63(77)43-80-42-62(76)67-34-10-8-9-13-36-71-41-50(69-70-71)40-52(56(72)25-17-46-19-27-58(74)60(37-46)78-6)57(73)26-18-47-20-28-59(75)61(38-47)79-7/h17-21,25-28,37-38,41,44-45,49,51,53-55,66,72,74-75H,8-16,22-24,29-36,39-40,42-43H2,1-7H3,(H,67,76)(H,68,77)/b25-17+,26-18+,56-52-/t45-,49+,51+,53-,54+,55+,64+,65-/m1/s1. The smallest absolute Gasteiger partial charge is 0.246 e. The highest BCUT2D eigenvalue weighted by Gasteiger charge is 2.59. The maximum absolute atomic E-state index is 13.6. The van der Waals surface area contributed by atoms with Crippen LogP contribution in [0.3, 0.4) is 0 Å². The summed E-state index contributed by atoms with van der Waals surface area (Å²) in [5.41, 5.74) is 4.43. The van der Waals surface area contributed by atoms with Gasteiger partial charge in [0.1, 0.15) is 19.0 Å². The summed E-state index contributed by atoms with van der Waals surface area (Å²) in [4.78, 5) is 38.5. The first-order valence-corrected chi connectivity index (χ1v) is 30.0. The zero-order valence-corrected chi connectivity index (χ0v) is 49.1. The largest absolute Gasteiger partial charge is 0.508 e. The number of aromatic nitrogens is 3. The molecule has 1 aromatic heterocycles. The molecule has 15 heteroatoms. The zero-order valence-electron chi connectivity index (χ0n) is 49.1. The summed E-state index contributed by atoms with van der Waals surface area (Å²) in [6.07, 6.45) is 30.5. The minimum atomic E-state index is -0.457. The first-order chi connectivity index (χ1) is 38.5. The first-order valence-electron chi connectivity index (χ1n) is 30.0. The van der Waals surface area contributed by atoms with Gasteiger partial charge < -0.3 is 45.5 Å². The lowest BCUT2D eigenvalue weighted by Gasteiger charge is -2.58. The number of unbranched alkanes of at least 4 members (excludes halogenated alkanes) is 4. The molecule has 3 saturated carbocycles. The van der Waals surface area contributed by atoms with Crippen LogP contribution in [0.2, 0.25) is 0 Å². The van der Waals surface area contributed by atoms with E-state index in [9.17, 15) is 29.7 Å². The van der Waals surface area contributed by atoms with E-state index in [-0.39, 0.29) is 65.8 Å². The number of nitrogens with zero attached hydrogens (tertiary/aromatic N) is 3. The molecule has 2 aromatic carbocycles. The Kier molecular flexibility index (Phi) is 22.9. The molecule has 7 rings (SSSR count). The third kappa shape index (κ3) is 16.6. The zero-order chi connectivity index (χ0) is 57.2. The summed E-state index contributed by atoms with van der Waals surface area (Å²) in [6.45, 7) is 14.9. The van der Waals surface area contributed by atoms with Crippen LogP contribution < -0.4 is 25.4 Å². The molecule has 0 bridgehead atoms. The molecule has 0 unspecified atom stereocenters. The van der Waals surface area contributed by atoms with Gasteiger partial charge in [-0.05, 0) is 177 Å². The molecule has 80 heavy (non-hydrogen) atoms. The van der Waals surface area contributed by atoms with Crippen LogP contribution in [-0.2, 0) is 32.1 Å². The van der Waals surface area contributed by atoms with Crippen molar-refractivity contribution in [3.8, 4) is 23.0 Å². The molecule has 0 radical (unpaired) electrons.